The maximum atomic E-state index is 10.9. The van der Waals surface area contributed by atoms with Crippen molar-refractivity contribution in [2.75, 3.05) is 6.61 Å². The first-order valence-corrected chi connectivity index (χ1v) is 9.47. The average molecular weight is 304 g/mol. The summed E-state index contributed by atoms with van der Waals surface area (Å²) in [6, 6.07) is 0. The molecule has 4 aliphatic rings. The lowest BCUT2D eigenvalue weighted by Gasteiger charge is -2.59. The van der Waals surface area contributed by atoms with Gasteiger partial charge in [-0.2, -0.15) is 0 Å². The van der Waals surface area contributed by atoms with Crippen LogP contribution in [-0.4, -0.2) is 22.4 Å². The van der Waals surface area contributed by atoms with Crippen molar-refractivity contribution in [1.29, 1.82) is 0 Å². The van der Waals surface area contributed by atoms with E-state index in [2.05, 4.69) is 19.9 Å². The number of hydrogen-bond acceptors (Lipinski definition) is 2. The molecule has 22 heavy (non-hydrogen) atoms. The summed E-state index contributed by atoms with van der Waals surface area (Å²) in [5.74, 6) is 2.04. The van der Waals surface area contributed by atoms with Gasteiger partial charge in [0.1, 0.15) is 0 Å². The van der Waals surface area contributed by atoms with Crippen LogP contribution in [0.1, 0.15) is 71.6 Å². The molecule has 3 saturated carbocycles. The average Bonchev–Trinajstić information content (AvgIpc) is 2.77. The minimum Gasteiger partial charge on any atom is -0.395 e. The zero-order chi connectivity index (χ0) is 15.6. The number of rotatable bonds is 1. The Balaban J connectivity index is 1.71. The molecule has 0 aliphatic heterocycles. The van der Waals surface area contributed by atoms with E-state index in [1.807, 2.05) is 0 Å². The molecule has 0 bridgehead atoms. The van der Waals surface area contributed by atoms with Gasteiger partial charge in [0.25, 0.3) is 0 Å². The zero-order valence-corrected chi connectivity index (χ0v) is 14.3. The van der Waals surface area contributed by atoms with E-state index in [0.717, 1.165) is 18.8 Å². The summed E-state index contributed by atoms with van der Waals surface area (Å²) in [6.07, 6.45) is 13.1. The zero-order valence-electron chi connectivity index (χ0n) is 14.3. The molecule has 0 aromatic rings. The molecule has 2 N–H and O–H groups in total. The number of allylic oxidation sites excluding steroid dienone is 1. The standard InChI is InChI=1S/C20H32O2/c1-18-11-8-17-15(16(18)9-12-19(18,2)22)7-6-14-5-3-4-10-20(14,17)13-21/h5,15-17,21-22H,3-4,6-13H2,1-2H3/t15-,16-,17-,18-,19-,20+/m0/s1. The molecule has 4 aliphatic carbocycles. The van der Waals surface area contributed by atoms with E-state index in [1.165, 1.54) is 44.9 Å². The summed E-state index contributed by atoms with van der Waals surface area (Å²) >= 11 is 0. The van der Waals surface area contributed by atoms with Crippen molar-refractivity contribution >= 4 is 0 Å². The van der Waals surface area contributed by atoms with Crippen LogP contribution in [0.2, 0.25) is 0 Å². The number of hydrogen-bond donors (Lipinski definition) is 2. The van der Waals surface area contributed by atoms with Gasteiger partial charge in [0.2, 0.25) is 0 Å². The molecule has 0 radical (unpaired) electrons. The Morgan fingerprint density at radius 1 is 1.09 bits per heavy atom. The van der Waals surface area contributed by atoms with Gasteiger partial charge in [0.15, 0.2) is 0 Å². The molecule has 0 spiro atoms. The number of aliphatic hydroxyl groups excluding tert-OH is 1. The molecule has 0 amide bonds. The highest BCUT2D eigenvalue weighted by Crippen LogP contribution is 2.67. The van der Waals surface area contributed by atoms with Gasteiger partial charge in [-0.05, 0) is 87.9 Å². The van der Waals surface area contributed by atoms with Crippen LogP contribution in [0.4, 0.5) is 0 Å². The molecule has 0 heterocycles. The largest absolute Gasteiger partial charge is 0.395 e. The first kappa shape index (κ1) is 15.2. The second-order valence-electron chi connectivity index (χ2n) is 9.12. The van der Waals surface area contributed by atoms with Crippen molar-refractivity contribution in [3.8, 4) is 0 Å². The summed E-state index contributed by atoms with van der Waals surface area (Å²) in [4.78, 5) is 0. The summed E-state index contributed by atoms with van der Waals surface area (Å²) < 4.78 is 0. The van der Waals surface area contributed by atoms with Gasteiger partial charge < -0.3 is 10.2 Å². The molecular formula is C20H32O2. The minimum atomic E-state index is -0.488. The van der Waals surface area contributed by atoms with Gasteiger partial charge in [-0.25, -0.2) is 0 Å². The lowest BCUT2D eigenvalue weighted by atomic mass is 9.46. The SMILES string of the molecule is C[C@]1(O)CC[C@H]2[C@@H]3CCC4=CCCC[C@]4(CO)[C@H]3CC[C@@]21C. The third kappa shape index (κ3) is 1.74. The van der Waals surface area contributed by atoms with Gasteiger partial charge in [0.05, 0.1) is 12.2 Å². The Morgan fingerprint density at radius 3 is 2.64 bits per heavy atom. The van der Waals surface area contributed by atoms with Crippen LogP contribution in [0, 0.1) is 28.6 Å². The molecule has 124 valence electrons. The maximum Gasteiger partial charge on any atom is 0.0675 e. The number of aliphatic hydroxyl groups is 2. The first-order chi connectivity index (χ1) is 10.4. The fraction of sp³-hybridized carbons (Fsp3) is 0.900. The molecular weight excluding hydrogens is 272 g/mol. The maximum absolute atomic E-state index is 10.9. The van der Waals surface area contributed by atoms with Crippen molar-refractivity contribution in [1.82, 2.24) is 0 Å². The highest BCUT2D eigenvalue weighted by atomic mass is 16.3. The molecule has 2 heteroatoms. The first-order valence-electron chi connectivity index (χ1n) is 9.47. The Labute approximate surface area is 135 Å². The van der Waals surface area contributed by atoms with E-state index >= 15 is 0 Å². The Hall–Kier alpha value is -0.340. The third-order valence-electron chi connectivity index (χ3n) is 8.60. The normalized spacial score (nSPS) is 54.2. The Morgan fingerprint density at radius 2 is 1.86 bits per heavy atom. The Kier molecular flexibility index (Phi) is 3.34. The van der Waals surface area contributed by atoms with Crippen molar-refractivity contribution in [2.24, 2.45) is 28.6 Å². The quantitative estimate of drug-likeness (QED) is 0.717. The van der Waals surface area contributed by atoms with Crippen LogP contribution in [0.3, 0.4) is 0 Å². The van der Waals surface area contributed by atoms with E-state index in [1.54, 1.807) is 5.57 Å². The van der Waals surface area contributed by atoms with Crippen LogP contribution >= 0.6 is 0 Å². The smallest absolute Gasteiger partial charge is 0.0675 e. The van der Waals surface area contributed by atoms with Crippen LogP contribution in [0.25, 0.3) is 0 Å². The highest BCUT2D eigenvalue weighted by Gasteiger charge is 2.62. The van der Waals surface area contributed by atoms with Crippen LogP contribution in [0.15, 0.2) is 11.6 Å². The van der Waals surface area contributed by atoms with E-state index in [0.29, 0.717) is 18.4 Å². The summed E-state index contributed by atoms with van der Waals surface area (Å²) in [5.41, 5.74) is 1.28. The Bertz CT molecular complexity index is 494. The fourth-order valence-corrected chi connectivity index (χ4v) is 7.07. The van der Waals surface area contributed by atoms with Crippen LogP contribution in [-0.2, 0) is 0 Å². The summed E-state index contributed by atoms with van der Waals surface area (Å²) in [7, 11) is 0. The second-order valence-corrected chi connectivity index (χ2v) is 9.12. The van der Waals surface area contributed by atoms with Gasteiger partial charge in [-0.1, -0.05) is 18.6 Å². The van der Waals surface area contributed by atoms with Crippen molar-refractivity contribution in [3.63, 3.8) is 0 Å². The fourth-order valence-electron chi connectivity index (χ4n) is 7.07. The lowest BCUT2D eigenvalue weighted by Crippen LogP contribution is -2.55. The monoisotopic (exact) mass is 304 g/mol. The number of fused-ring (bicyclic) bond motifs is 5. The van der Waals surface area contributed by atoms with Gasteiger partial charge >= 0.3 is 0 Å². The molecule has 0 unspecified atom stereocenters. The molecule has 3 fully saturated rings. The summed E-state index contributed by atoms with van der Waals surface area (Å²) in [6.45, 7) is 4.77. The molecule has 2 nitrogen and oxygen atoms in total. The van der Waals surface area contributed by atoms with E-state index in [9.17, 15) is 10.2 Å². The minimum absolute atomic E-state index is 0.0942. The summed E-state index contributed by atoms with van der Waals surface area (Å²) in [5, 5.41) is 21.3. The second kappa shape index (κ2) is 4.83. The van der Waals surface area contributed by atoms with Gasteiger partial charge in [-0.15, -0.1) is 0 Å². The molecule has 0 aromatic carbocycles. The van der Waals surface area contributed by atoms with Crippen molar-refractivity contribution < 1.29 is 10.2 Å². The van der Waals surface area contributed by atoms with E-state index in [4.69, 9.17) is 0 Å². The predicted octanol–water partition coefficient (Wildman–Crippen LogP) is 4.06. The van der Waals surface area contributed by atoms with Crippen molar-refractivity contribution in [2.45, 2.75) is 77.2 Å². The predicted molar refractivity (Wildman–Crippen MR) is 88.4 cm³/mol. The van der Waals surface area contributed by atoms with E-state index in [-0.39, 0.29) is 10.8 Å². The molecule has 0 aromatic heterocycles. The molecule has 4 rings (SSSR count). The third-order valence-corrected chi connectivity index (χ3v) is 8.60. The van der Waals surface area contributed by atoms with Crippen molar-refractivity contribution in [3.05, 3.63) is 11.6 Å². The van der Waals surface area contributed by atoms with E-state index < -0.39 is 5.60 Å². The van der Waals surface area contributed by atoms with Crippen LogP contribution < -0.4 is 0 Å². The topological polar surface area (TPSA) is 40.5 Å². The highest BCUT2D eigenvalue weighted by molar-refractivity contribution is 5.25. The molecule has 0 saturated heterocycles. The van der Waals surface area contributed by atoms with Crippen LogP contribution in [0.5, 0.6) is 0 Å². The molecule has 6 atom stereocenters. The van der Waals surface area contributed by atoms with Gasteiger partial charge in [-0.3, -0.25) is 0 Å². The lowest BCUT2D eigenvalue weighted by molar-refractivity contribution is -0.126. The van der Waals surface area contributed by atoms with Gasteiger partial charge in [0, 0.05) is 5.41 Å².